The van der Waals surface area contributed by atoms with Crippen molar-refractivity contribution in [1.29, 1.82) is 0 Å². The summed E-state index contributed by atoms with van der Waals surface area (Å²) in [5.74, 6) is -1.86. The number of nitrogens with one attached hydrogen (secondary N) is 1. The number of Topliss-reactive ketones (excluding diaryl/α,β-unsaturated/α-hetero) is 1. The maximum atomic E-state index is 11.8. The Balaban J connectivity index is 3.94. The van der Waals surface area contributed by atoms with Crippen molar-refractivity contribution in [2.45, 2.75) is 46.2 Å². The highest BCUT2D eigenvalue weighted by atomic mass is 19.4. The van der Waals surface area contributed by atoms with Gasteiger partial charge in [0.1, 0.15) is 5.78 Å². The van der Waals surface area contributed by atoms with Crippen LogP contribution >= 0.6 is 0 Å². The van der Waals surface area contributed by atoms with E-state index in [1.807, 2.05) is 0 Å². The molecular formula is C11H18F3NO2. The number of carbonyl (C=O) groups excluding carboxylic acids is 2. The van der Waals surface area contributed by atoms with Crippen LogP contribution in [-0.2, 0) is 9.59 Å². The van der Waals surface area contributed by atoms with E-state index < -0.39 is 17.5 Å². The van der Waals surface area contributed by atoms with E-state index in [9.17, 15) is 22.8 Å². The van der Waals surface area contributed by atoms with Crippen molar-refractivity contribution in [3.8, 4) is 0 Å². The second-order valence-corrected chi connectivity index (χ2v) is 4.52. The van der Waals surface area contributed by atoms with Crippen LogP contribution in [0.2, 0.25) is 0 Å². The molecule has 17 heavy (non-hydrogen) atoms. The molecule has 0 saturated heterocycles. The molecule has 0 atom stereocenters. The summed E-state index contributed by atoms with van der Waals surface area (Å²) in [6.45, 7) is 5.18. The molecule has 0 aliphatic rings. The number of hydrogen-bond acceptors (Lipinski definition) is 2. The highest BCUT2D eigenvalue weighted by Crippen LogP contribution is 2.24. The normalized spacial score (nSPS) is 12.4. The molecule has 0 fully saturated rings. The van der Waals surface area contributed by atoms with Crippen molar-refractivity contribution >= 4 is 11.7 Å². The van der Waals surface area contributed by atoms with Gasteiger partial charge in [-0.1, -0.05) is 20.8 Å². The number of alkyl halides is 3. The third kappa shape index (κ3) is 5.70. The van der Waals surface area contributed by atoms with Gasteiger partial charge < -0.3 is 5.32 Å². The first-order chi connectivity index (χ1) is 7.61. The first kappa shape index (κ1) is 15.9. The number of hydrogen-bond donors (Lipinski definition) is 1. The maximum absolute atomic E-state index is 11.8. The molecule has 0 aliphatic carbocycles. The van der Waals surface area contributed by atoms with E-state index in [-0.39, 0.29) is 12.3 Å². The molecule has 0 spiro atoms. The van der Waals surface area contributed by atoms with Crippen molar-refractivity contribution < 1.29 is 22.8 Å². The monoisotopic (exact) mass is 253 g/mol. The molecule has 0 aromatic carbocycles. The molecule has 0 aromatic rings. The van der Waals surface area contributed by atoms with Gasteiger partial charge in [-0.25, -0.2) is 0 Å². The standard InChI is InChI=1S/C11H18F3NO2/c1-4-8(16)10(2,3)6-5-7-15-9(17)11(12,13)14/h4-7H2,1-3H3,(H,15,17). The Bertz CT molecular complexity index is 285. The van der Waals surface area contributed by atoms with Gasteiger partial charge in [-0.3, -0.25) is 9.59 Å². The van der Waals surface area contributed by atoms with Gasteiger partial charge >= 0.3 is 12.1 Å². The van der Waals surface area contributed by atoms with E-state index in [1.54, 1.807) is 26.1 Å². The summed E-state index contributed by atoms with van der Waals surface area (Å²) in [6.07, 6.45) is -3.63. The first-order valence-electron chi connectivity index (χ1n) is 5.49. The van der Waals surface area contributed by atoms with Crippen LogP contribution in [0, 0.1) is 5.41 Å². The predicted molar refractivity (Wildman–Crippen MR) is 57.4 cm³/mol. The molecule has 0 unspecified atom stereocenters. The number of amides is 1. The third-order valence-electron chi connectivity index (χ3n) is 2.60. The minimum atomic E-state index is -4.84. The van der Waals surface area contributed by atoms with Gasteiger partial charge in [-0.05, 0) is 12.8 Å². The Labute approximate surface area is 98.8 Å². The largest absolute Gasteiger partial charge is 0.471 e. The lowest BCUT2D eigenvalue weighted by Crippen LogP contribution is -2.37. The van der Waals surface area contributed by atoms with Crippen molar-refractivity contribution in [3.63, 3.8) is 0 Å². The van der Waals surface area contributed by atoms with E-state index in [0.29, 0.717) is 19.3 Å². The zero-order valence-electron chi connectivity index (χ0n) is 10.3. The molecule has 1 N–H and O–H groups in total. The van der Waals surface area contributed by atoms with Crippen molar-refractivity contribution in [1.82, 2.24) is 5.32 Å². The van der Waals surface area contributed by atoms with Crippen LogP contribution in [0.25, 0.3) is 0 Å². The SMILES string of the molecule is CCC(=O)C(C)(C)CCCNC(=O)C(F)(F)F. The van der Waals surface area contributed by atoms with Gasteiger partial charge in [0.25, 0.3) is 0 Å². The average molecular weight is 253 g/mol. The smallest absolute Gasteiger partial charge is 0.348 e. The zero-order valence-corrected chi connectivity index (χ0v) is 10.3. The van der Waals surface area contributed by atoms with Gasteiger partial charge in [-0.2, -0.15) is 13.2 Å². The fourth-order valence-electron chi connectivity index (χ4n) is 1.45. The van der Waals surface area contributed by atoms with E-state index in [4.69, 9.17) is 0 Å². The van der Waals surface area contributed by atoms with Crippen molar-refractivity contribution in [2.75, 3.05) is 6.54 Å². The quantitative estimate of drug-likeness (QED) is 0.739. The Morgan fingerprint density at radius 3 is 2.12 bits per heavy atom. The van der Waals surface area contributed by atoms with Gasteiger partial charge in [0, 0.05) is 18.4 Å². The molecule has 0 saturated carbocycles. The summed E-state index contributed by atoms with van der Waals surface area (Å²) in [6, 6.07) is 0. The molecule has 0 rings (SSSR count). The van der Waals surface area contributed by atoms with Crippen LogP contribution in [0.4, 0.5) is 13.2 Å². The van der Waals surface area contributed by atoms with Crippen molar-refractivity contribution in [2.24, 2.45) is 5.41 Å². The molecule has 0 heterocycles. The second kappa shape index (κ2) is 6.02. The Kier molecular flexibility index (Phi) is 5.64. The summed E-state index contributed by atoms with van der Waals surface area (Å²) in [4.78, 5) is 21.9. The van der Waals surface area contributed by atoms with Crippen LogP contribution in [0.1, 0.15) is 40.0 Å². The summed E-state index contributed by atoms with van der Waals surface area (Å²) < 4.78 is 35.5. The Morgan fingerprint density at radius 2 is 1.71 bits per heavy atom. The van der Waals surface area contributed by atoms with Crippen LogP contribution in [0.5, 0.6) is 0 Å². The lowest BCUT2D eigenvalue weighted by atomic mass is 9.82. The number of ketones is 1. The van der Waals surface area contributed by atoms with Gasteiger partial charge in [0.15, 0.2) is 0 Å². The fourth-order valence-corrected chi connectivity index (χ4v) is 1.45. The molecule has 1 amide bonds. The Hall–Kier alpha value is -1.07. The average Bonchev–Trinajstić information content (AvgIpc) is 2.21. The number of halogens is 3. The fraction of sp³-hybridized carbons (Fsp3) is 0.818. The summed E-state index contributed by atoms with van der Waals surface area (Å²) in [7, 11) is 0. The zero-order chi connectivity index (χ0) is 13.7. The molecule has 0 bridgehead atoms. The molecule has 0 aliphatic heterocycles. The molecule has 0 radical (unpaired) electrons. The van der Waals surface area contributed by atoms with Crippen LogP contribution in [0.3, 0.4) is 0 Å². The highest BCUT2D eigenvalue weighted by molar-refractivity contribution is 5.83. The Morgan fingerprint density at radius 1 is 1.18 bits per heavy atom. The summed E-state index contributed by atoms with van der Waals surface area (Å²) >= 11 is 0. The minimum absolute atomic E-state index is 0.0691. The van der Waals surface area contributed by atoms with Crippen LogP contribution in [-0.4, -0.2) is 24.4 Å². The van der Waals surface area contributed by atoms with Gasteiger partial charge in [-0.15, -0.1) is 0 Å². The van der Waals surface area contributed by atoms with Crippen LogP contribution in [0.15, 0.2) is 0 Å². The predicted octanol–water partition coefficient (Wildman–Crippen LogP) is 2.45. The second-order valence-electron chi connectivity index (χ2n) is 4.52. The number of rotatable bonds is 6. The van der Waals surface area contributed by atoms with E-state index >= 15 is 0 Å². The maximum Gasteiger partial charge on any atom is 0.471 e. The molecule has 3 nitrogen and oxygen atoms in total. The molecule has 100 valence electrons. The van der Waals surface area contributed by atoms with Gasteiger partial charge in [0.05, 0.1) is 0 Å². The van der Waals surface area contributed by atoms with Crippen molar-refractivity contribution in [3.05, 3.63) is 0 Å². The minimum Gasteiger partial charge on any atom is -0.348 e. The third-order valence-corrected chi connectivity index (χ3v) is 2.60. The first-order valence-corrected chi connectivity index (χ1v) is 5.49. The molecule has 6 heteroatoms. The lowest BCUT2D eigenvalue weighted by Gasteiger charge is -2.22. The van der Waals surface area contributed by atoms with Crippen LogP contribution < -0.4 is 5.32 Å². The van der Waals surface area contributed by atoms with E-state index in [0.717, 1.165) is 0 Å². The summed E-state index contributed by atoms with van der Waals surface area (Å²) in [5, 5.41) is 1.78. The molecule has 0 aromatic heterocycles. The summed E-state index contributed by atoms with van der Waals surface area (Å²) in [5.41, 5.74) is -0.544. The molecular weight excluding hydrogens is 235 g/mol. The topological polar surface area (TPSA) is 46.2 Å². The van der Waals surface area contributed by atoms with E-state index in [1.165, 1.54) is 0 Å². The lowest BCUT2D eigenvalue weighted by molar-refractivity contribution is -0.173. The van der Waals surface area contributed by atoms with Gasteiger partial charge in [0.2, 0.25) is 0 Å². The highest BCUT2D eigenvalue weighted by Gasteiger charge is 2.38. The number of carbonyl (C=O) groups is 2. The van der Waals surface area contributed by atoms with E-state index in [2.05, 4.69) is 0 Å².